The van der Waals surface area contributed by atoms with Gasteiger partial charge in [0.15, 0.2) is 0 Å². The van der Waals surface area contributed by atoms with Crippen molar-refractivity contribution in [2.24, 2.45) is 5.41 Å². The average molecular weight is 182 g/mol. The maximum Gasteiger partial charge on any atom is 0.142 e. The van der Waals surface area contributed by atoms with Gasteiger partial charge >= 0.3 is 0 Å². The van der Waals surface area contributed by atoms with Gasteiger partial charge < -0.3 is 5.11 Å². The fourth-order valence-corrected chi connectivity index (χ4v) is 1.74. The molecule has 0 aromatic rings. The normalized spacial score (nSPS) is 26.1. The molecule has 0 heterocycles. The Morgan fingerprint density at radius 2 is 1.69 bits per heavy atom. The van der Waals surface area contributed by atoms with Crippen LogP contribution in [0.5, 0.6) is 0 Å². The summed E-state index contributed by atoms with van der Waals surface area (Å²) in [7, 11) is 0. The number of aliphatic hydroxyl groups is 1. The maximum atomic E-state index is 10.1. The number of carbonyl (C=O) groups is 1. The molecule has 0 amide bonds. The number of rotatable bonds is 2. The highest BCUT2D eigenvalue weighted by molar-refractivity contribution is 5.65. The van der Waals surface area contributed by atoms with Gasteiger partial charge in [-0.05, 0) is 43.3 Å². The molecule has 0 aromatic carbocycles. The van der Waals surface area contributed by atoms with E-state index in [0.29, 0.717) is 5.41 Å². The van der Waals surface area contributed by atoms with Gasteiger partial charge in [-0.2, -0.15) is 0 Å². The van der Waals surface area contributed by atoms with E-state index >= 15 is 0 Å². The molecule has 13 heavy (non-hydrogen) atoms. The molecular weight excluding hydrogens is 164 g/mol. The molecule has 1 saturated carbocycles. The van der Waals surface area contributed by atoms with Crippen LogP contribution in [0.1, 0.15) is 39.5 Å². The van der Waals surface area contributed by atoms with E-state index in [2.05, 4.69) is 13.8 Å². The number of aldehydes is 1. The average Bonchev–Trinajstić information content (AvgIpc) is 2.08. The summed E-state index contributed by atoms with van der Waals surface area (Å²) in [6, 6.07) is 0. The zero-order chi connectivity index (χ0) is 9.95. The maximum absolute atomic E-state index is 10.1. The lowest BCUT2D eigenvalue weighted by atomic mass is 9.71. The van der Waals surface area contributed by atoms with E-state index in [-0.39, 0.29) is 0 Å². The quantitative estimate of drug-likeness (QED) is 0.524. The smallest absolute Gasteiger partial charge is 0.142 e. The first-order chi connectivity index (χ1) is 5.97. The fourth-order valence-electron chi connectivity index (χ4n) is 1.74. The lowest BCUT2D eigenvalue weighted by molar-refractivity contribution is -0.104. The van der Waals surface area contributed by atoms with Crippen LogP contribution in [0.2, 0.25) is 0 Å². The van der Waals surface area contributed by atoms with Crippen molar-refractivity contribution in [1.82, 2.24) is 0 Å². The molecule has 1 N–H and O–H groups in total. The second-order valence-corrected chi connectivity index (χ2v) is 4.76. The first kappa shape index (κ1) is 10.5. The van der Waals surface area contributed by atoms with Crippen LogP contribution in [-0.2, 0) is 4.79 Å². The zero-order valence-electron chi connectivity index (χ0n) is 8.42. The molecule has 0 radical (unpaired) electrons. The molecule has 1 fully saturated rings. The standard InChI is InChI=1S/C11H18O2/c1-10(2)5-7-11(13,8-6-10)4-3-9-12/h3-4,9,13H,5-8H2,1-2H3/b4-3+. The molecule has 0 bridgehead atoms. The van der Waals surface area contributed by atoms with Crippen molar-refractivity contribution in [3.63, 3.8) is 0 Å². The summed E-state index contributed by atoms with van der Waals surface area (Å²) in [5.74, 6) is 0. The number of allylic oxidation sites excluding steroid dienone is 1. The molecule has 1 rings (SSSR count). The Kier molecular flexibility index (Phi) is 2.91. The van der Waals surface area contributed by atoms with Gasteiger partial charge in [-0.3, -0.25) is 4.79 Å². The number of carbonyl (C=O) groups excluding carboxylic acids is 1. The molecular formula is C11H18O2. The first-order valence-electron chi connectivity index (χ1n) is 4.83. The van der Waals surface area contributed by atoms with Crippen LogP contribution >= 0.6 is 0 Å². The van der Waals surface area contributed by atoms with Crippen LogP contribution in [0.3, 0.4) is 0 Å². The lowest BCUT2D eigenvalue weighted by Gasteiger charge is -2.38. The van der Waals surface area contributed by atoms with Crippen molar-refractivity contribution < 1.29 is 9.90 Å². The van der Waals surface area contributed by atoms with Crippen molar-refractivity contribution in [2.75, 3.05) is 0 Å². The Morgan fingerprint density at radius 3 is 2.15 bits per heavy atom. The Hall–Kier alpha value is -0.630. The summed E-state index contributed by atoms with van der Waals surface area (Å²) in [6.07, 6.45) is 7.33. The Morgan fingerprint density at radius 1 is 1.15 bits per heavy atom. The molecule has 1 aliphatic rings. The third kappa shape index (κ3) is 2.96. The highest BCUT2D eigenvalue weighted by Crippen LogP contribution is 2.40. The van der Waals surface area contributed by atoms with Gasteiger partial charge in [-0.1, -0.05) is 13.8 Å². The molecule has 2 nitrogen and oxygen atoms in total. The molecule has 0 spiro atoms. The fraction of sp³-hybridized carbons (Fsp3) is 0.727. The van der Waals surface area contributed by atoms with Crippen LogP contribution in [0, 0.1) is 5.41 Å². The van der Waals surface area contributed by atoms with E-state index in [0.717, 1.165) is 32.0 Å². The van der Waals surface area contributed by atoms with Gasteiger partial charge in [0.2, 0.25) is 0 Å². The Labute approximate surface area is 79.6 Å². The first-order valence-corrected chi connectivity index (χ1v) is 4.83. The van der Waals surface area contributed by atoms with Crippen molar-refractivity contribution in [2.45, 2.75) is 45.1 Å². The van der Waals surface area contributed by atoms with Gasteiger partial charge in [-0.25, -0.2) is 0 Å². The van der Waals surface area contributed by atoms with Crippen molar-refractivity contribution in [3.8, 4) is 0 Å². The highest BCUT2D eigenvalue weighted by atomic mass is 16.3. The van der Waals surface area contributed by atoms with E-state index in [9.17, 15) is 9.90 Å². The molecule has 2 heteroatoms. The van der Waals surface area contributed by atoms with E-state index in [4.69, 9.17) is 0 Å². The monoisotopic (exact) mass is 182 g/mol. The minimum absolute atomic E-state index is 0.348. The van der Waals surface area contributed by atoms with Crippen molar-refractivity contribution >= 4 is 6.29 Å². The Bertz CT molecular complexity index is 206. The lowest BCUT2D eigenvalue weighted by Crippen LogP contribution is -2.34. The van der Waals surface area contributed by atoms with Gasteiger partial charge in [0, 0.05) is 0 Å². The number of hydrogen-bond donors (Lipinski definition) is 1. The second-order valence-electron chi connectivity index (χ2n) is 4.76. The summed E-state index contributed by atoms with van der Waals surface area (Å²) < 4.78 is 0. The van der Waals surface area contributed by atoms with Gasteiger partial charge in [0.05, 0.1) is 5.60 Å². The summed E-state index contributed by atoms with van der Waals surface area (Å²) >= 11 is 0. The van der Waals surface area contributed by atoms with Crippen molar-refractivity contribution in [1.29, 1.82) is 0 Å². The number of hydrogen-bond acceptors (Lipinski definition) is 2. The molecule has 0 aliphatic heterocycles. The van der Waals surface area contributed by atoms with Gasteiger partial charge in [0.25, 0.3) is 0 Å². The van der Waals surface area contributed by atoms with Crippen LogP contribution < -0.4 is 0 Å². The summed E-state index contributed by atoms with van der Waals surface area (Å²) in [4.78, 5) is 10.1. The molecule has 1 aliphatic carbocycles. The van der Waals surface area contributed by atoms with E-state index in [1.807, 2.05) is 0 Å². The second kappa shape index (κ2) is 3.62. The highest BCUT2D eigenvalue weighted by Gasteiger charge is 2.34. The molecule has 74 valence electrons. The van der Waals surface area contributed by atoms with Crippen molar-refractivity contribution in [3.05, 3.63) is 12.2 Å². The van der Waals surface area contributed by atoms with Crippen LogP contribution in [0.15, 0.2) is 12.2 Å². The van der Waals surface area contributed by atoms with E-state index < -0.39 is 5.60 Å². The summed E-state index contributed by atoms with van der Waals surface area (Å²) in [6.45, 7) is 4.44. The third-order valence-electron chi connectivity index (χ3n) is 2.95. The van der Waals surface area contributed by atoms with Gasteiger partial charge in [-0.15, -0.1) is 0 Å². The minimum Gasteiger partial charge on any atom is -0.386 e. The van der Waals surface area contributed by atoms with Crippen LogP contribution in [-0.4, -0.2) is 17.0 Å². The van der Waals surface area contributed by atoms with E-state index in [1.165, 1.54) is 6.08 Å². The summed E-state index contributed by atoms with van der Waals surface area (Å²) in [5.41, 5.74) is -0.377. The Balaban J connectivity index is 2.56. The van der Waals surface area contributed by atoms with Gasteiger partial charge in [0.1, 0.15) is 6.29 Å². The topological polar surface area (TPSA) is 37.3 Å². The molecule has 0 atom stereocenters. The molecule has 0 aromatic heterocycles. The molecule has 0 saturated heterocycles. The largest absolute Gasteiger partial charge is 0.386 e. The molecule has 0 unspecified atom stereocenters. The third-order valence-corrected chi connectivity index (χ3v) is 2.95. The minimum atomic E-state index is -0.726. The van der Waals surface area contributed by atoms with Crippen LogP contribution in [0.4, 0.5) is 0 Å². The zero-order valence-corrected chi connectivity index (χ0v) is 8.42. The SMILES string of the molecule is CC1(C)CCC(O)(/C=C/C=O)CC1. The van der Waals surface area contributed by atoms with Crippen LogP contribution in [0.25, 0.3) is 0 Å². The predicted molar refractivity (Wildman–Crippen MR) is 52.4 cm³/mol. The predicted octanol–water partition coefficient (Wildman–Crippen LogP) is 2.07. The van der Waals surface area contributed by atoms with E-state index in [1.54, 1.807) is 6.08 Å². The summed E-state index contributed by atoms with van der Waals surface area (Å²) in [5, 5.41) is 9.99.